The Labute approximate surface area is 99.6 Å². The highest BCUT2D eigenvalue weighted by Gasteiger charge is 2.30. The van der Waals surface area contributed by atoms with Gasteiger partial charge in [0.1, 0.15) is 5.76 Å². The summed E-state index contributed by atoms with van der Waals surface area (Å²) in [5.74, 6) is 1.47. The number of hydrogen-bond donors (Lipinski definition) is 1. The van der Waals surface area contributed by atoms with Gasteiger partial charge in [-0.15, -0.1) is 0 Å². The van der Waals surface area contributed by atoms with Crippen LogP contribution in [0.2, 0.25) is 0 Å². The van der Waals surface area contributed by atoms with Gasteiger partial charge in [0.05, 0.1) is 0 Å². The number of furan rings is 1. The van der Waals surface area contributed by atoms with Crippen LogP contribution in [0.25, 0.3) is 11.0 Å². The number of para-hydroxylation sites is 1. The van der Waals surface area contributed by atoms with Crippen LogP contribution in [0, 0.1) is 11.7 Å². The van der Waals surface area contributed by atoms with Crippen molar-refractivity contribution in [2.75, 3.05) is 6.54 Å². The summed E-state index contributed by atoms with van der Waals surface area (Å²) in [4.78, 5) is 0. The van der Waals surface area contributed by atoms with Gasteiger partial charge >= 0.3 is 0 Å². The Balaban J connectivity index is 2.03. The first-order valence-electron chi connectivity index (χ1n) is 6.17. The van der Waals surface area contributed by atoms with Crippen LogP contribution in [0.3, 0.4) is 0 Å². The summed E-state index contributed by atoms with van der Waals surface area (Å²) in [5, 5.41) is 0.850. The molecule has 17 heavy (non-hydrogen) atoms. The molecule has 90 valence electrons. The molecular weight excluding hydrogens is 217 g/mol. The molecule has 2 N–H and O–H groups in total. The Morgan fingerprint density at radius 1 is 1.35 bits per heavy atom. The number of benzene rings is 1. The van der Waals surface area contributed by atoms with Gasteiger partial charge in [0.25, 0.3) is 0 Å². The van der Waals surface area contributed by atoms with Gasteiger partial charge in [0.15, 0.2) is 11.4 Å². The molecule has 1 saturated carbocycles. The van der Waals surface area contributed by atoms with Gasteiger partial charge in [-0.25, -0.2) is 4.39 Å². The van der Waals surface area contributed by atoms with Crippen LogP contribution in [0.1, 0.15) is 30.9 Å². The molecule has 1 aromatic carbocycles. The van der Waals surface area contributed by atoms with E-state index in [1.54, 1.807) is 6.07 Å². The Hall–Kier alpha value is -1.35. The fourth-order valence-electron chi connectivity index (χ4n) is 2.92. The molecule has 3 rings (SSSR count). The monoisotopic (exact) mass is 233 g/mol. The molecule has 2 nitrogen and oxygen atoms in total. The van der Waals surface area contributed by atoms with Crippen molar-refractivity contribution >= 4 is 11.0 Å². The van der Waals surface area contributed by atoms with Crippen molar-refractivity contribution in [2.24, 2.45) is 11.7 Å². The molecule has 2 unspecified atom stereocenters. The first kappa shape index (κ1) is 10.8. The predicted molar refractivity (Wildman–Crippen MR) is 65.3 cm³/mol. The zero-order chi connectivity index (χ0) is 11.8. The molecule has 3 heteroatoms. The third kappa shape index (κ3) is 1.75. The van der Waals surface area contributed by atoms with Crippen LogP contribution in [0.4, 0.5) is 4.39 Å². The molecule has 1 aliphatic rings. The third-order valence-corrected chi connectivity index (χ3v) is 3.84. The lowest BCUT2D eigenvalue weighted by atomic mass is 9.94. The third-order valence-electron chi connectivity index (χ3n) is 3.84. The second kappa shape index (κ2) is 4.15. The van der Waals surface area contributed by atoms with E-state index in [0.29, 0.717) is 24.0 Å². The lowest BCUT2D eigenvalue weighted by Gasteiger charge is -2.14. The normalized spacial score (nSPS) is 24.6. The number of rotatable bonds is 2. The van der Waals surface area contributed by atoms with Gasteiger partial charge in [-0.2, -0.15) is 0 Å². The summed E-state index contributed by atoms with van der Waals surface area (Å²) in [7, 11) is 0. The molecule has 0 spiro atoms. The maximum atomic E-state index is 13.5. The molecule has 1 aliphatic carbocycles. The van der Waals surface area contributed by atoms with Gasteiger partial charge in [-0.1, -0.05) is 18.6 Å². The van der Waals surface area contributed by atoms with Crippen LogP contribution < -0.4 is 5.73 Å². The second-order valence-corrected chi connectivity index (χ2v) is 4.84. The van der Waals surface area contributed by atoms with Crippen molar-refractivity contribution in [3.05, 3.63) is 35.8 Å². The quantitative estimate of drug-likeness (QED) is 0.863. The molecule has 2 aromatic rings. The molecule has 0 aliphatic heterocycles. The Kier molecular flexibility index (Phi) is 2.63. The summed E-state index contributed by atoms with van der Waals surface area (Å²) >= 11 is 0. The second-order valence-electron chi connectivity index (χ2n) is 4.84. The summed E-state index contributed by atoms with van der Waals surface area (Å²) in [6.07, 6.45) is 3.44. The van der Waals surface area contributed by atoms with Crippen LogP contribution in [-0.2, 0) is 0 Å². The Morgan fingerprint density at radius 3 is 3.00 bits per heavy atom. The fraction of sp³-hybridized carbons (Fsp3) is 0.429. The van der Waals surface area contributed by atoms with Crippen LogP contribution >= 0.6 is 0 Å². The van der Waals surface area contributed by atoms with E-state index >= 15 is 0 Å². The topological polar surface area (TPSA) is 39.2 Å². The molecule has 1 heterocycles. The van der Waals surface area contributed by atoms with E-state index < -0.39 is 0 Å². The number of nitrogens with two attached hydrogens (primary N) is 1. The minimum absolute atomic E-state index is 0.281. The van der Waals surface area contributed by atoms with E-state index in [9.17, 15) is 4.39 Å². The largest absolute Gasteiger partial charge is 0.458 e. The van der Waals surface area contributed by atoms with Gasteiger partial charge < -0.3 is 10.2 Å². The van der Waals surface area contributed by atoms with E-state index in [1.165, 1.54) is 12.5 Å². The lowest BCUT2D eigenvalue weighted by Crippen LogP contribution is -2.16. The molecule has 2 atom stereocenters. The minimum Gasteiger partial charge on any atom is -0.458 e. The summed E-state index contributed by atoms with van der Waals surface area (Å²) < 4.78 is 19.2. The van der Waals surface area contributed by atoms with Gasteiger partial charge in [0, 0.05) is 11.3 Å². The van der Waals surface area contributed by atoms with E-state index in [4.69, 9.17) is 10.2 Å². The van der Waals surface area contributed by atoms with Crippen LogP contribution in [-0.4, -0.2) is 6.54 Å². The smallest absolute Gasteiger partial charge is 0.169 e. The Bertz CT molecular complexity index is 534. The highest BCUT2D eigenvalue weighted by molar-refractivity contribution is 5.78. The van der Waals surface area contributed by atoms with Gasteiger partial charge in [-0.3, -0.25) is 0 Å². The first-order chi connectivity index (χ1) is 8.29. The maximum absolute atomic E-state index is 13.5. The zero-order valence-electron chi connectivity index (χ0n) is 9.66. The van der Waals surface area contributed by atoms with Crippen LogP contribution in [0.15, 0.2) is 28.7 Å². The molecule has 0 amide bonds. The molecule has 0 saturated heterocycles. The summed E-state index contributed by atoms with van der Waals surface area (Å²) in [6, 6.07) is 7.01. The number of halogens is 1. The van der Waals surface area contributed by atoms with Crippen LogP contribution in [0.5, 0.6) is 0 Å². The fourth-order valence-corrected chi connectivity index (χ4v) is 2.92. The molecule has 0 bridgehead atoms. The van der Waals surface area contributed by atoms with Gasteiger partial charge in [-0.05, 0) is 37.4 Å². The Morgan fingerprint density at radius 2 is 2.24 bits per heavy atom. The number of hydrogen-bond acceptors (Lipinski definition) is 2. The predicted octanol–water partition coefficient (Wildman–Crippen LogP) is 3.41. The maximum Gasteiger partial charge on any atom is 0.169 e. The van der Waals surface area contributed by atoms with E-state index in [1.807, 2.05) is 12.1 Å². The molecule has 1 fully saturated rings. The van der Waals surface area contributed by atoms with Crippen molar-refractivity contribution in [3.8, 4) is 0 Å². The van der Waals surface area contributed by atoms with Crippen molar-refractivity contribution < 1.29 is 8.81 Å². The SMILES string of the molecule is NCC1CCCC1c1cc2cccc(F)c2o1. The van der Waals surface area contributed by atoms with E-state index in [0.717, 1.165) is 24.0 Å². The summed E-state index contributed by atoms with van der Waals surface area (Å²) in [6.45, 7) is 0.685. The zero-order valence-corrected chi connectivity index (χ0v) is 9.66. The average Bonchev–Trinajstić information content (AvgIpc) is 2.94. The highest BCUT2D eigenvalue weighted by Crippen LogP contribution is 2.41. The molecule has 1 aromatic heterocycles. The highest BCUT2D eigenvalue weighted by atomic mass is 19.1. The number of fused-ring (bicyclic) bond motifs is 1. The van der Waals surface area contributed by atoms with E-state index in [-0.39, 0.29) is 5.82 Å². The minimum atomic E-state index is -0.281. The molecule has 0 radical (unpaired) electrons. The van der Waals surface area contributed by atoms with Gasteiger partial charge in [0.2, 0.25) is 0 Å². The summed E-state index contributed by atoms with van der Waals surface area (Å²) in [5.41, 5.74) is 6.15. The average molecular weight is 233 g/mol. The van der Waals surface area contributed by atoms with Crippen molar-refractivity contribution in [1.29, 1.82) is 0 Å². The molecular formula is C14H16FNO. The standard InChI is InChI=1S/C14H16FNO/c15-12-6-2-3-9-7-13(17-14(9)12)11-5-1-4-10(11)8-16/h2-3,6-7,10-11H,1,4-5,8,16H2. The van der Waals surface area contributed by atoms with Crippen molar-refractivity contribution in [2.45, 2.75) is 25.2 Å². The first-order valence-corrected chi connectivity index (χ1v) is 6.17. The van der Waals surface area contributed by atoms with E-state index in [2.05, 4.69) is 0 Å². The lowest BCUT2D eigenvalue weighted by molar-refractivity contribution is 0.410. The van der Waals surface area contributed by atoms with Crippen molar-refractivity contribution in [3.63, 3.8) is 0 Å². The van der Waals surface area contributed by atoms with Crippen molar-refractivity contribution in [1.82, 2.24) is 0 Å².